The van der Waals surface area contributed by atoms with Gasteiger partial charge in [0.25, 0.3) is 0 Å². The highest BCUT2D eigenvalue weighted by Crippen LogP contribution is 2.32. The molecule has 0 aliphatic heterocycles. The molecule has 0 radical (unpaired) electrons. The first-order valence-electron chi connectivity index (χ1n) is 8.06. The molecule has 0 amide bonds. The van der Waals surface area contributed by atoms with E-state index < -0.39 is 0 Å². The van der Waals surface area contributed by atoms with Crippen molar-refractivity contribution in [2.75, 3.05) is 0 Å². The van der Waals surface area contributed by atoms with Crippen molar-refractivity contribution in [3.05, 3.63) is 18.7 Å². The van der Waals surface area contributed by atoms with E-state index in [0.717, 1.165) is 12.0 Å². The third-order valence-electron chi connectivity index (χ3n) is 5.09. The van der Waals surface area contributed by atoms with Gasteiger partial charge in [0.1, 0.15) is 0 Å². The lowest BCUT2D eigenvalue weighted by atomic mass is 10.0. The van der Waals surface area contributed by atoms with E-state index in [1.807, 2.05) is 12.5 Å². The largest absolute Gasteiger partial charge is 0.333 e. The Morgan fingerprint density at radius 1 is 1.05 bits per heavy atom. The van der Waals surface area contributed by atoms with Crippen LogP contribution in [0.15, 0.2) is 18.7 Å². The van der Waals surface area contributed by atoms with Gasteiger partial charge in [0, 0.05) is 30.5 Å². The van der Waals surface area contributed by atoms with Crippen LogP contribution in [-0.2, 0) is 0 Å². The van der Waals surface area contributed by atoms with Gasteiger partial charge in [0.15, 0.2) is 0 Å². The molecule has 3 heteroatoms. The maximum absolute atomic E-state index is 4.21. The standard InChI is InChI=1S/C16H27N3/c1-13-4-2-5-14(9-8-13)18-15-6-3-7-16(15)19-11-10-17-12-19/h10-16,18H,2-9H2,1H3. The second-order valence-electron chi connectivity index (χ2n) is 6.59. The highest BCUT2D eigenvalue weighted by molar-refractivity contribution is 4.93. The summed E-state index contributed by atoms with van der Waals surface area (Å²) in [5, 5.41) is 3.97. The molecule has 1 N–H and O–H groups in total. The van der Waals surface area contributed by atoms with E-state index in [9.17, 15) is 0 Å². The molecule has 2 fully saturated rings. The van der Waals surface area contributed by atoms with Gasteiger partial charge in [-0.05, 0) is 44.4 Å². The molecule has 2 aliphatic rings. The van der Waals surface area contributed by atoms with Gasteiger partial charge in [0.05, 0.1) is 6.33 Å². The summed E-state index contributed by atoms with van der Waals surface area (Å²) in [4.78, 5) is 4.21. The number of hydrogen-bond acceptors (Lipinski definition) is 2. The Hall–Kier alpha value is -0.830. The second-order valence-corrected chi connectivity index (χ2v) is 6.59. The summed E-state index contributed by atoms with van der Waals surface area (Å²) >= 11 is 0. The molecule has 0 bridgehead atoms. The Balaban J connectivity index is 1.59. The van der Waals surface area contributed by atoms with Crippen LogP contribution in [0.3, 0.4) is 0 Å². The maximum atomic E-state index is 4.21. The van der Waals surface area contributed by atoms with Gasteiger partial charge in [0.2, 0.25) is 0 Å². The SMILES string of the molecule is CC1CCCC(NC2CCCC2n2ccnc2)CC1. The summed E-state index contributed by atoms with van der Waals surface area (Å²) in [6.45, 7) is 2.41. The van der Waals surface area contributed by atoms with Crippen molar-refractivity contribution in [3.8, 4) is 0 Å². The Bertz CT molecular complexity index is 373. The van der Waals surface area contributed by atoms with Crippen LogP contribution in [0.25, 0.3) is 0 Å². The molecule has 2 saturated carbocycles. The number of aromatic nitrogens is 2. The zero-order valence-corrected chi connectivity index (χ0v) is 12.1. The van der Waals surface area contributed by atoms with Gasteiger partial charge in [-0.25, -0.2) is 4.98 Å². The summed E-state index contributed by atoms with van der Waals surface area (Å²) in [7, 11) is 0. The van der Waals surface area contributed by atoms with Gasteiger partial charge < -0.3 is 9.88 Å². The zero-order chi connectivity index (χ0) is 13.1. The summed E-state index contributed by atoms with van der Waals surface area (Å²) in [5.41, 5.74) is 0. The van der Waals surface area contributed by atoms with E-state index in [2.05, 4.69) is 28.0 Å². The van der Waals surface area contributed by atoms with Gasteiger partial charge in [-0.3, -0.25) is 0 Å². The molecule has 2 aliphatic carbocycles. The fourth-order valence-electron chi connectivity index (χ4n) is 3.91. The van der Waals surface area contributed by atoms with Crippen LogP contribution in [0.5, 0.6) is 0 Å². The number of nitrogens with one attached hydrogen (secondary N) is 1. The van der Waals surface area contributed by atoms with Crippen LogP contribution in [0, 0.1) is 5.92 Å². The van der Waals surface area contributed by atoms with E-state index in [1.165, 1.54) is 51.4 Å². The number of hydrogen-bond donors (Lipinski definition) is 1. The van der Waals surface area contributed by atoms with Crippen LogP contribution < -0.4 is 5.32 Å². The van der Waals surface area contributed by atoms with E-state index in [4.69, 9.17) is 0 Å². The number of rotatable bonds is 3. The normalized spacial score (nSPS) is 36.3. The van der Waals surface area contributed by atoms with Gasteiger partial charge in [-0.2, -0.15) is 0 Å². The van der Waals surface area contributed by atoms with Crippen molar-refractivity contribution in [2.24, 2.45) is 5.92 Å². The molecular weight excluding hydrogens is 234 g/mol. The van der Waals surface area contributed by atoms with Gasteiger partial charge in [-0.1, -0.05) is 19.8 Å². The van der Waals surface area contributed by atoms with E-state index in [-0.39, 0.29) is 0 Å². The monoisotopic (exact) mass is 261 g/mol. The molecule has 3 rings (SSSR count). The molecule has 1 aromatic rings. The summed E-state index contributed by atoms with van der Waals surface area (Å²) in [5.74, 6) is 0.930. The van der Waals surface area contributed by atoms with Gasteiger partial charge in [-0.15, -0.1) is 0 Å². The third kappa shape index (κ3) is 3.19. The summed E-state index contributed by atoms with van der Waals surface area (Å²) in [6.07, 6.45) is 17.0. The molecule has 0 aromatic carbocycles. The van der Waals surface area contributed by atoms with Crippen LogP contribution in [0.1, 0.15) is 64.3 Å². The topological polar surface area (TPSA) is 29.9 Å². The summed E-state index contributed by atoms with van der Waals surface area (Å²) < 4.78 is 2.31. The van der Waals surface area contributed by atoms with Crippen molar-refractivity contribution in [1.29, 1.82) is 0 Å². The van der Waals surface area contributed by atoms with Crippen LogP contribution in [0.2, 0.25) is 0 Å². The average molecular weight is 261 g/mol. The van der Waals surface area contributed by atoms with Crippen molar-refractivity contribution in [1.82, 2.24) is 14.9 Å². The predicted octanol–water partition coefficient (Wildman–Crippen LogP) is 3.54. The lowest BCUT2D eigenvalue weighted by Gasteiger charge is -2.27. The van der Waals surface area contributed by atoms with Crippen LogP contribution >= 0.6 is 0 Å². The Morgan fingerprint density at radius 3 is 2.79 bits per heavy atom. The van der Waals surface area contributed by atoms with Crippen LogP contribution in [0.4, 0.5) is 0 Å². The first-order valence-corrected chi connectivity index (χ1v) is 8.06. The molecule has 0 spiro atoms. The molecule has 1 aromatic heterocycles. The minimum atomic E-state index is 0.628. The Morgan fingerprint density at radius 2 is 1.95 bits per heavy atom. The minimum Gasteiger partial charge on any atom is -0.333 e. The molecule has 1 heterocycles. The lowest BCUT2D eigenvalue weighted by Crippen LogP contribution is -2.40. The Kier molecular flexibility index (Phi) is 4.21. The smallest absolute Gasteiger partial charge is 0.0949 e. The fraction of sp³-hybridized carbons (Fsp3) is 0.812. The van der Waals surface area contributed by atoms with Crippen molar-refractivity contribution < 1.29 is 0 Å². The lowest BCUT2D eigenvalue weighted by molar-refractivity contribution is 0.330. The van der Waals surface area contributed by atoms with Crippen molar-refractivity contribution in [2.45, 2.75) is 76.4 Å². The highest BCUT2D eigenvalue weighted by atomic mass is 15.1. The Labute approximate surface area is 116 Å². The zero-order valence-electron chi connectivity index (χ0n) is 12.1. The molecule has 4 atom stereocenters. The van der Waals surface area contributed by atoms with Crippen molar-refractivity contribution >= 4 is 0 Å². The van der Waals surface area contributed by atoms with E-state index >= 15 is 0 Å². The number of imidazole rings is 1. The quantitative estimate of drug-likeness (QED) is 0.844. The molecule has 3 nitrogen and oxygen atoms in total. The first-order chi connectivity index (χ1) is 9.33. The minimum absolute atomic E-state index is 0.628. The highest BCUT2D eigenvalue weighted by Gasteiger charge is 2.30. The molecule has 19 heavy (non-hydrogen) atoms. The first kappa shape index (κ1) is 13.2. The van der Waals surface area contributed by atoms with Crippen molar-refractivity contribution in [3.63, 3.8) is 0 Å². The molecule has 4 unspecified atom stereocenters. The maximum Gasteiger partial charge on any atom is 0.0949 e. The van der Waals surface area contributed by atoms with E-state index in [1.54, 1.807) is 0 Å². The second kappa shape index (κ2) is 6.08. The van der Waals surface area contributed by atoms with E-state index in [0.29, 0.717) is 12.1 Å². The molecule has 0 saturated heterocycles. The molecule has 106 valence electrons. The fourth-order valence-corrected chi connectivity index (χ4v) is 3.91. The third-order valence-corrected chi connectivity index (χ3v) is 5.09. The number of nitrogens with zero attached hydrogens (tertiary/aromatic N) is 2. The van der Waals surface area contributed by atoms with Crippen LogP contribution in [-0.4, -0.2) is 21.6 Å². The van der Waals surface area contributed by atoms with Gasteiger partial charge >= 0.3 is 0 Å². The molecular formula is C16H27N3. The summed E-state index contributed by atoms with van der Waals surface area (Å²) in [6, 6.07) is 2.04. The predicted molar refractivity (Wildman–Crippen MR) is 78.1 cm³/mol. The average Bonchev–Trinajstić information content (AvgIpc) is 3.02.